The molecule has 1 N–H and O–H groups in total. The van der Waals surface area contributed by atoms with E-state index in [0.29, 0.717) is 11.9 Å². The van der Waals surface area contributed by atoms with E-state index in [-0.39, 0.29) is 30.2 Å². The molecule has 0 bridgehead atoms. The highest BCUT2D eigenvalue weighted by Crippen LogP contribution is 2.36. The average Bonchev–Trinajstić information content (AvgIpc) is 2.56. The van der Waals surface area contributed by atoms with E-state index in [9.17, 15) is 14.3 Å². The van der Waals surface area contributed by atoms with Crippen molar-refractivity contribution in [3.8, 4) is 0 Å². The van der Waals surface area contributed by atoms with Crippen LogP contribution >= 0.6 is 0 Å². The monoisotopic (exact) mass is 368 g/mol. The van der Waals surface area contributed by atoms with Gasteiger partial charge in [-0.15, -0.1) is 0 Å². The number of carbonyl (C=O) groups excluding carboxylic acids is 1. The van der Waals surface area contributed by atoms with Crippen molar-refractivity contribution in [1.29, 1.82) is 0 Å². The zero-order chi connectivity index (χ0) is 19.1. The van der Waals surface area contributed by atoms with Gasteiger partial charge in [0, 0.05) is 6.42 Å². The molecule has 0 aromatic heterocycles. The highest BCUT2D eigenvalue weighted by molar-refractivity contribution is 6.74. The summed E-state index contributed by atoms with van der Waals surface area (Å²) in [6, 6.07) is 8.50. The SMILES string of the molecule is CC(C)(C)[Si](C)(C)OCC(O)C/C(=C/F)COC(=O)c1ccccc1. The van der Waals surface area contributed by atoms with Crippen molar-refractivity contribution in [2.75, 3.05) is 13.2 Å². The fourth-order valence-electron chi connectivity index (χ4n) is 1.83. The molecule has 0 amide bonds. The molecule has 4 nitrogen and oxygen atoms in total. The van der Waals surface area contributed by atoms with E-state index in [1.54, 1.807) is 30.3 Å². The number of aliphatic hydroxyl groups excluding tert-OH is 1. The van der Waals surface area contributed by atoms with Crippen molar-refractivity contribution in [2.24, 2.45) is 0 Å². The Hall–Kier alpha value is -1.50. The standard InChI is InChI=1S/C19H29FO4Si/c1-19(2,3)25(4,5)24-14-17(21)11-15(12-20)13-23-18(22)16-9-7-6-8-10-16/h6-10,12,17,21H,11,13-14H2,1-5H3/b15-12-. The third kappa shape index (κ3) is 7.10. The molecular weight excluding hydrogens is 339 g/mol. The molecule has 1 rings (SSSR count). The second-order valence-electron chi connectivity index (χ2n) is 7.64. The van der Waals surface area contributed by atoms with E-state index in [2.05, 4.69) is 33.9 Å². The molecule has 0 fully saturated rings. The van der Waals surface area contributed by atoms with Crippen LogP contribution in [0.2, 0.25) is 18.1 Å². The number of hydrogen-bond acceptors (Lipinski definition) is 4. The highest BCUT2D eigenvalue weighted by atomic mass is 28.4. The Labute approximate surface area is 150 Å². The largest absolute Gasteiger partial charge is 0.457 e. The van der Waals surface area contributed by atoms with Crippen molar-refractivity contribution in [2.45, 2.75) is 51.4 Å². The Morgan fingerprint density at radius 3 is 2.40 bits per heavy atom. The molecule has 0 spiro atoms. The van der Waals surface area contributed by atoms with Crippen molar-refractivity contribution in [3.63, 3.8) is 0 Å². The van der Waals surface area contributed by atoms with E-state index in [4.69, 9.17) is 9.16 Å². The summed E-state index contributed by atoms with van der Waals surface area (Å²) in [7, 11) is -1.97. The van der Waals surface area contributed by atoms with Gasteiger partial charge < -0.3 is 14.3 Å². The third-order valence-electron chi connectivity index (χ3n) is 4.49. The van der Waals surface area contributed by atoms with Crippen molar-refractivity contribution < 1.29 is 23.5 Å². The fraction of sp³-hybridized carbons (Fsp3) is 0.526. The molecule has 0 aliphatic heterocycles. The summed E-state index contributed by atoms with van der Waals surface area (Å²) in [6.07, 6.45) is -0.396. The van der Waals surface area contributed by atoms with Crippen molar-refractivity contribution >= 4 is 14.3 Å². The number of carbonyl (C=O) groups is 1. The fourth-order valence-corrected chi connectivity index (χ4v) is 2.88. The van der Waals surface area contributed by atoms with E-state index < -0.39 is 20.4 Å². The molecule has 0 aliphatic carbocycles. The molecule has 0 radical (unpaired) electrons. The minimum Gasteiger partial charge on any atom is -0.457 e. The van der Waals surface area contributed by atoms with Gasteiger partial charge in [-0.25, -0.2) is 9.18 Å². The van der Waals surface area contributed by atoms with Crippen LogP contribution < -0.4 is 0 Å². The second-order valence-corrected chi connectivity index (χ2v) is 12.4. The molecule has 140 valence electrons. The summed E-state index contributed by atoms with van der Waals surface area (Å²) in [5, 5.41) is 10.1. The Morgan fingerprint density at radius 1 is 1.28 bits per heavy atom. The number of benzene rings is 1. The van der Waals surface area contributed by atoms with Crippen LogP contribution in [0.1, 0.15) is 37.6 Å². The summed E-state index contributed by atoms with van der Waals surface area (Å²) in [4.78, 5) is 11.9. The molecule has 0 saturated carbocycles. The van der Waals surface area contributed by atoms with Crippen LogP contribution in [0.5, 0.6) is 0 Å². The number of hydrogen-bond donors (Lipinski definition) is 1. The van der Waals surface area contributed by atoms with Gasteiger partial charge in [-0.05, 0) is 35.8 Å². The van der Waals surface area contributed by atoms with Crippen molar-refractivity contribution in [1.82, 2.24) is 0 Å². The van der Waals surface area contributed by atoms with Crippen LogP contribution in [0.4, 0.5) is 4.39 Å². The molecule has 1 aromatic carbocycles. The Bertz CT molecular complexity index is 579. The lowest BCUT2D eigenvalue weighted by atomic mass is 10.1. The van der Waals surface area contributed by atoms with Gasteiger partial charge in [0.25, 0.3) is 0 Å². The van der Waals surface area contributed by atoms with Crippen LogP contribution in [0, 0.1) is 0 Å². The maximum atomic E-state index is 13.0. The highest BCUT2D eigenvalue weighted by Gasteiger charge is 2.37. The lowest BCUT2D eigenvalue weighted by molar-refractivity contribution is 0.0517. The van der Waals surface area contributed by atoms with Gasteiger partial charge in [-0.3, -0.25) is 0 Å². The smallest absolute Gasteiger partial charge is 0.338 e. The number of halogens is 1. The summed E-state index contributed by atoms with van der Waals surface area (Å²) >= 11 is 0. The predicted molar refractivity (Wildman–Crippen MR) is 99.7 cm³/mol. The predicted octanol–water partition coefficient (Wildman–Crippen LogP) is 4.47. The van der Waals surface area contributed by atoms with Gasteiger partial charge in [0.05, 0.1) is 24.6 Å². The summed E-state index contributed by atoms with van der Waals surface area (Å²) in [5.41, 5.74) is 0.623. The van der Waals surface area contributed by atoms with E-state index >= 15 is 0 Å². The van der Waals surface area contributed by atoms with Crippen molar-refractivity contribution in [3.05, 3.63) is 47.8 Å². The first-order valence-electron chi connectivity index (χ1n) is 8.39. The average molecular weight is 369 g/mol. The Morgan fingerprint density at radius 2 is 1.88 bits per heavy atom. The van der Waals surface area contributed by atoms with Crippen LogP contribution in [-0.4, -0.2) is 38.7 Å². The Kier molecular flexibility index (Phi) is 7.98. The summed E-state index contributed by atoms with van der Waals surface area (Å²) in [5.74, 6) is -0.521. The molecule has 25 heavy (non-hydrogen) atoms. The van der Waals surface area contributed by atoms with Gasteiger partial charge in [-0.1, -0.05) is 39.0 Å². The topological polar surface area (TPSA) is 55.8 Å². The lowest BCUT2D eigenvalue weighted by Crippen LogP contribution is -2.42. The number of rotatable bonds is 8. The first-order chi connectivity index (χ1) is 11.6. The maximum Gasteiger partial charge on any atom is 0.338 e. The summed E-state index contributed by atoms with van der Waals surface area (Å²) in [6.45, 7) is 10.5. The quantitative estimate of drug-likeness (QED) is 0.543. The number of aliphatic hydroxyl groups is 1. The molecule has 1 unspecified atom stereocenters. The zero-order valence-electron chi connectivity index (χ0n) is 15.7. The first-order valence-corrected chi connectivity index (χ1v) is 11.3. The molecule has 0 heterocycles. The third-order valence-corrected chi connectivity index (χ3v) is 8.99. The molecule has 0 saturated heterocycles. The second kappa shape index (κ2) is 9.27. The molecule has 0 aliphatic rings. The first kappa shape index (κ1) is 21.5. The van der Waals surface area contributed by atoms with Gasteiger partial charge in [-0.2, -0.15) is 0 Å². The van der Waals surface area contributed by atoms with Gasteiger partial charge >= 0.3 is 5.97 Å². The van der Waals surface area contributed by atoms with Crippen LogP contribution in [0.15, 0.2) is 42.2 Å². The van der Waals surface area contributed by atoms with Crippen LogP contribution in [0.3, 0.4) is 0 Å². The molecule has 6 heteroatoms. The van der Waals surface area contributed by atoms with Gasteiger partial charge in [0.2, 0.25) is 0 Å². The van der Waals surface area contributed by atoms with E-state index in [1.807, 2.05) is 0 Å². The minimum atomic E-state index is -1.97. The van der Waals surface area contributed by atoms with Crippen LogP contribution in [0.25, 0.3) is 0 Å². The van der Waals surface area contributed by atoms with E-state index in [1.165, 1.54) is 0 Å². The van der Waals surface area contributed by atoms with Gasteiger partial charge in [0.1, 0.15) is 6.61 Å². The normalized spacial score (nSPS) is 14.3. The number of esters is 1. The van der Waals surface area contributed by atoms with Crippen LogP contribution in [-0.2, 0) is 9.16 Å². The minimum absolute atomic E-state index is 0.0384. The Balaban J connectivity index is 2.47. The molecular formula is C19H29FO4Si. The summed E-state index contributed by atoms with van der Waals surface area (Å²) < 4.78 is 24.1. The number of ether oxygens (including phenoxy) is 1. The lowest BCUT2D eigenvalue weighted by Gasteiger charge is -2.36. The van der Waals surface area contributed by atoms with E-state index in [0.717, 1.165) is 0 Å². The van der Waals surface area contributed by atoms with Gasteiger partial charge in [0.15, 0.2) is 8.32 Å². The maximum absolute atomic E-state index is 13.0. The molecule has 1 aromatic rings. The zero-order valence-corrected chi connectivity index (χ0v) is 16.7. The molecule has 1 atom stereocenters.